The van der Waals surface area contributed by atoms with Gasteiger partial charge >= 0.3 is 6.09 Å². The van der Waals surface area contributed by atoms with E-state index < -0.39 is 5.60 Å². The van der Waals surface area contributed by atoms with Crippen LogP contribution in [0.2, 0.25) is 0 Å². The Morgan fingerprint density at radius 3 is 2.91 bits per heavy atom. The summed E-state index contributed by atoms with van der Waals surface area (Å²) in [6.45, 7) is 6.34. The Hall–Kier alpha value is -2.56. The van der Waals surface area contributed by atoms with Crippen molar-refractivity contribution in [2.75, 3.05) is 18.8 Å². The van der Waals surface area contributed by atoms with Crippen LogP contribution in [0.5, 0.6) is 5.88 Å². The van der Waals surface area contributed by atoms with Gasteiger partial charge in [0.15, 0.2) is 0 Å². The van der Waals surface area contributed by atoms with Crippen molar-refractivity contribution in [1.82, 2.24) is 14.9 Å². The molecule has 1 aliphatic heterocycles. The Balaban J connectivity index is 1.99. The number of aromatic nitrogens is 2. The Bertz CT molecular complexity index is 605. The first kappa shape index (κ1) is 15.8. The molecule has 8 heteroatoms. The summed E-state index contributed by atoms with van der Waals surface area (Å²) in [5.41, 5.74) is 5.09. The van der Waals surface area contributed by atoms with Crippen LogP contribution in [0.4, 0.5) is 10.6 Å². The molecule has 8 nitrogen and oxygen atoms in total. The lowest BCUT2D eigenvalue weighted by atomic mass is 10.2. The molecule has 1 atom stereocenters. The van der Waals surface area contributed by atoms with Crippen LogP contribution in [0, 0.1) is 11.3 Å². The number of carbonyl (C=O) groups excluding carboxylic acids is 1. The summed E-state index contributed by atoms with van der Waals surface area (Å²) in [5.74, 6) is 0.273. The number of likely N-dealkylation sites (tertiary alicyclic amines) is 1. The number of ether oxygens (including phenoxy) is 2. The highest BCUT2D eigenvalue weighted by Gasteiger charge is 2.31. The number of carbonyl (C=O) groups is 1. The molecule has 1 fully saturated rings. The Morgan fingerprint density at radius 2 is 2.27 bits per heavy atom. The van der Waals surface area contributed by atoms with Gasteiger partial charge in [-0.1, -0.05) is 0 Å². The van der Waals surface area contributed by atoms with Crippen molar-refractivity contribution in [2.24, 2.45) is 0 Å². The van der Waals surface area contributed by atoms with Gasteiger partial charge in [0.1, 0.15) is 23.6 Å². The molecular formula is C14H19N5O3. The molecular weight excluding hydrogens is 286 g/mol. The minimum atomic E-state index is -0.538. The van der Waals surface area contributed by atoms with Crippen LogP contribution in [-0.2, 0) is 4.74 Å². The van der Waals surface area contributed by atoms with Crippen LogP contribution in [0.1, 0.15) is 32.9 Å². The first-order chi connectivity index (χ1) is 10.3. The normalized spacial score (nSPS) is 17.9. The van der Waals surface area contributed by atoms with Crippen LogP contribution in [-0.4, -0.2) is 45.8 Å². The predicted molar refractivity (Wildman–Crippen MR) is 78.0 cm³/mol. The average Bonchev–Trinajstić information content (AvgIpc) is 2.86. The fraction of sp³-hybridized carbons (Fsp3) is 0.571. The van der Waals surface area contributed by atoms with Gasteiger partial charge in [0.2, 0.25) is 5.69 Å². The lowest BCUT2D eigenvalue weighted by Crippen LogP contribution is -2.36. The summed E-state index contributed by atoms with van der Waals surface area (Å²) in [7, 11) is 0. The first-order valence-corrected chi connectivity index (χ1v) is 6.95. The number of nitriles is 1. The molecule has 1 aromatic rings. The maximum Gasteiger partial charge on any atom is 0.410 e. The third-order valence-corrected chi connectivity index (χ3v) is 2.94. The molecule has 0 saturated carbocycles. The predicted octanol–water partition coefficient (Wildman–Crippen LogP) is 1.32. The molecule has 0 bridgehead atoms. The van der Waals surface area contributed by atoms with Crippen LogP contribution in [0.15, 0.2) is 6.20 Å². The van der Waals surface area contributed by atoms with Crippen molar-refractivity contribution in [2.45, 2.75) is 38.9 Å². The topological polar surface area (TPSA) is 114 Å². The number of amides is 1. The number of nitrogens with two attached hydrogens (primary N) is 1. The van der Waals surface area contributed by atoms with Crippen molar-refractivity contribution in [1.29, 1.82) is 5.26 Å². The van der Waals surface area contributed by atoms with Gasteiger partial charge in [-0.3, -0.25) is 0 Å². The van der Waals surface area contributed by atoms with Gasteiger partial charge in [0.05, 0.1) is 12.7 Å². The van der Waals surface area contributed by atoms with Crippen molar-refractivity contribution in [3.05, 3.63) is 11.9 Å². The maximum atomic E-state index is 12.0. The number of anilines is 1. The summed E-state index contributed by atoms with van der Waals surface area (Å²) in [4.78, 5) is 21.4. The van der Waals surface area contributed by atoms with Crippen LogP contribution >= 0.6 is 0 Å². The van der Waals surface area contributed by atoms with Gasteiger partial charge in [-0.2, -0.15) is 10.2 Å². The molecule has 2 N–H and O–H groups in total. The van der Waals surface area contributed by atoms with E-state index in [0.29, 0.717) is 19.5 Å². The first-order valence-electron chi connectivity index (χ1n) is 6.95. The molecule has 1 unspecified atom stereocenters. The molecule has 2 rings (SSSR count). The molecule has 0 aromatic carbocycles. The van der Waals surface area contributed by atoms with Gasteiger partial charge in [-0.15, -0.1) is 0 Å². The number of nitrogen functional groups attached to an aromatic ring is 1. The molecule has 1 aliphatic rings. The summed E-state index contributed by atoms with van der Waals surface area (Å²) in [6, 6.07) is 1.90. The van der Waals surface area contributed by atoms with E-state index >= 15 is 0 Å². The fourth-order valence-corrected chi connectivity index (χ4v) is 2.02. The van der Waals surface area contributed by atoms with Gasteiger partial charge in [0.25, 0.3) is 5.88 Å². The zero-order valence-corrected chi connectivity index (χ0v) is 12.9. The summed E-state index contributed by atoms with van der Waals surface area (Å²) in [5, 5.41) is 8.99. The lowest BCUT2D eigenvalue weighted by Gasteiger charge is -2.24. The van der Waals surface area contributed by atoms with Crippen LogP contribution in [0.25, 0.3) is 0 Å². The number of hydrogen-bond acceptors (Lipinski definition) is 7. The second-order valence-corrected chi connectivity index (χ2v) is 6.02. The number of hydrogen-bond donors (Lipinski definition) is 1. The standard InChI is InChI=1S/C14H19N5O3/c1-14(2,3)22-13(20)19-5-4-9(8-19)21-12-10(6-15)17-7-11(16)18-12/h7,9H,4-5,8H2,1-3H3,(H2,16,18). The lowest BCUT2D eigenvalue weighted by molar-refractivity contribution is 0.0275. The van der Waals surface area contributed by atoms with E-state index in [9.17, 15) is 4.79 Å². The van der Waals surface area contributed by atoms with E-state index in [2.05, 4.69) is 9.97 Å². The third kappa shape index (κ3) is 3.97. The van der Waals surface area contributed by atoms with Crippen molar-refractivity contribution < 1.29 is 14.3 Å². The van der Waals surface area contributed by atoms with Gasteiger partial charge in [0, 0.05) is 13.0 Å². The summed E-state index contributed by atoms with van der Waals surface area (Å²) in [6.07, 6.45) is 1.28. The number of rotatable bonds is 2. The average molecular weight is 305 g/mol. The minimum absolute atomic E-state index is 0.0740. The molecule has 0 spiro atoms. The molecule has 22 heavy (non-hydrogen) atoms. The largest absolute Gasteiger partial charge is 0.470 e. The highest BCUT2D eigenvalue weighted by atomic mass is 16.6. The molecule has 1 saturated heterocycles. The van der Waals surface area contributed by atoms with E-state index in [1.807, 2.05) is 26.8 Å². The molecule has 0 aliphatic carbocycles. The second-order valence-electron chi connectivity index (χ2n) is 6.02. The third-order valence-electron chi connectivity index (χ3n) is 2.94. The van der Waals surface area contributed by atoms with Crippen molar-refractivity contribution in [3.63, 3.8) is 0 Å². The van der Waals surface area contributed by atoms with Gasteiger partial charge in [-0.25, -0.2) is 9.78 Å². The van der Waals surface area contributed by atoms with Gasteiger partial charge in [-0.05, 0) is 20.8 Å². The summed E-state index contributed by atoms with van der Waals surface area (Å²) < 4.78 is 11.0. The fourth-order valence-electron chi connectivity index (χ4n) is 2.02. The Labute approximate surface area is 128 Å². The van der Waals surface area contributed by atoms with Gasteiger partial charge < -0.3 is 20.1 Å². The summed E-state index contributed by atoms with van der Waals surface area (Å²) >= 11 is 0. The monoisotopic (exact) mass is 305 g/mol. The highest BCUT2D eigenvalue weighted by molar-refractivity contribution is 5.68. The number of nitrogens with zero attached hydrogens (tertiary/aromatic N) is 4. The van der Waals surface area contributed by atoms with E-state index in [1.54, 1.807) is 4.90 Å². The quantitative estimate of drug-likeness (QED) is 0.876. The Kier molecular flexibility index (Phi) is 4.35. The van der Waals surface area contributed by atoms with E-state index in [4.69, 9.17) is 20.5 Å². The zero-order chi connectivity index (χ0) is 16.3. The Morgan fingerprint density at radius 1 is 1.55 bits per heavy atom. The molecule has 118 valence electrons. The van der Waals surface area contributed by atoms with E-state index in [0.717, 1.165) is 0 Å². The minimum Gasteiger partial charge on any atom is -0.470 e. The van der Waals surface area contributed by atoms with Crippen LogP contribution < -0.4 is 10.5 Å². The molecule has 1 amide bonds. The SMILES string of the molecule is CC(C)(C)OC(=O)N1CCC(Oc2nc(N)cnc2C#N)C1. The van der Waals surface area contributed by atoms with Crippen molar-refractivity contribution in [3.8, 4) is 11.9 Å². The van der Waals surface area contributed by atoms with E-state index in [1.165, 1.54) is 6.20 Å². The maximum absolute atomic E-state index is 12.0. The highest BCUT2D eigenvalue weighted by Crippen LogP contribution is 2.21. The van der Waals surface area contributed by atoms with Crippen LogP contribution in [0.3, 0.4) is 0 Å². The molecule has 0 radical (unpaired) electrons. The molecule has 1 aromatic heterocycles. The zero-order valence-electron chi connectivity index (χ0n) is 12.9. The molecule has 2 heterocycles. The second kappa shape index (κ2) is 6.05. The smallest absolute Gasteiger partial charge is 0.410 e. The van der Waals surface area contributed by atoms with E-state index in [-0.39, 0.29) is 29.6 Å². The van der Waals surface area contributed by atoms with Crippen molar-refractivity contribution >= 4 is 11.9 Å².